The van der Waals surface area contributed by atoms with Gasteiger partial charge in [-0.3, -0.25) is 0 Å². The summed E-state index contributed by atoms with van der Waals surface area (Å²) in [7, 11) is -3.23. The Balaban J connectivity index is 2.29. The lowest BCUT2D eigenvalue weighted by Gasteiger charge is -2.08. The molecule has 21 heavy (non-hydrogen) atoms. The SMILES string of the molecule is CS(=O)(=O)c1ccc(-c2ccc(C(O)C(=O)O)cc2)cc1. The third-order valence-electron chi connectivity index (χ3n) is 3.08. The third-order valence-corrected chi connectivity index (χ3v) is 4.20. The average molecular weight is 306 g/mol. The summed E-state index contributed by atoms with van der Waals surface area (Å²) in [6, 6.07) is 12.8. The van der Waals surface area contributed by atoms with Gasteiger partial charge >= 0.3 is 5.97 Å². The van der Waals surface area contributed by atoms with E-state index in [0.29, 0.717) is 5.56 Å². The van der Waals surface area contributed by atoms with Crippen LogP contribution in [0.25, 0.3) is 11.1 Å². The summed E-state index contributed by atoms with van der Waals surface area (Å²) in [5, 5.41) is 18.1. The van der Waals surface area contributed by atoms with Crippen LogP contribution in [0.5, 0.6) is 0 Å². The largest absolute Gasteiger partial charge is 0.479 e. The minimum Gasteiger partial charge on any atom is -0.479 e. The van der Waals surface area contributed by atoms with E-state index in [1.807, 2.05) is 0 Å². The van der Waals surface area contributed by atoms with E-state index in [4.69, 9.17) is 5.11 Å². The zero-order valence-electron chi connectivity index (χ0n) is 11.2. The highest BCUT2D eigenvalue weighted by molar-refractivity contribution is 7.90. The first-order chi connectivity index (χ1) is 9.79. The van der Waals surface area contributed by atoms with Gasteiger partial charge in [-0.25, -0.2) is 13.2 Å². The lowest BCUT2D eigenvalue weighted by molar-refractivity contribution is -0.146. The van der Waals surface area contributed by atoms with Gasteiger partial charge in [-0.05, 0) is 28.8 Å². The van der Waals surface area contributed by atoms with Crippen LogP contribution in [0.3, 0.4) is 0 Å². The normalized spacial score (nSPS) is 12.9. The van der Waals surface area contributed by atoms with Crippen molar-refractivity contribution in [2.45, 2.75) is 11.0 Å². The van der Waals surface area contributed by atoms with E-state index in [1.165, 1.54) is 24.3 Å². The molecule has 0 saturated carbocycles. The van der Waals surface area contributed by atoms with Gasteiger partial charge in [0.15, 0.2) is 15.9 Å². The first kappa shape index (κ1) is 15.2. The molecule has 0 heterocycles. The molecule has 0 radical (unpaired) electrons. The van der Waals surface area contributed by atoms with Gasteiger partial charge in [0.1, 0.15) is 0 Å². The van der Waals surface area contributed by atoms with Crippen molar-refractivity contribution in [3.63, 3.8) is 0 Å². The molecule has 1 unspecified atom stereocenters. The zero-order valence-corrected chi connectivity index (χ0v) is 12.0. The van der Waals surface area contributed by atoms with E-state index >= 15 is 0 Å². The van der Waals surface area contributed by atoms with Crippen LogP contribution < -0.4 is 0 Å². The number of carboxylic acid groups (broad SMARTS) is 1. The molecule has 110 valence electrons. The van der Waals surface area contributed by atoms with E-state index in [2.05, 4.69) is 0 Å². The van der Waals surface area contributed by atoms with Gasteiger partial charge in [-0.15, -0.1) is 0 Å². The number of hydrogen-bond donors (Lipinski definition) is 2. The summed E-state index contributed by atoms with van der Waals surface area (Å²) >= 11 is 0. The van der Waals surface area contributed by atoms with Gasteiger partial charge in [-0.1, -0.05) is 36.4 Å². The fourth-order valence-corrected chi connectivity index (χ4v) is 2.53. The lowest BCUT2D eigenvalue weighted by atomic mass is 10.0. The quantitative estimate of drug-likeness (QED) is 0.899. The minimum atomic E-state index is -3.23. The Kier molecular flexibility index (Phi) is 4.11. The molecule has 2 rings (SSSR count). The Labute approximate surface area is 122 Å². The van der Waals surface area contributed by atoms with E-state index in [0.717, 1.165) is 17.4 Å². The molecule has 0 bridgehead atoms. The van der Waals surface area contributed by atoms with Crippen LogP contribution in [0, 0.1) is 0 Å². The minimum absolute atomic E-state index is 0.240. The Morgan fingerprint density at radius 1 is 0.952 bits per heavy atom. The Bertz CT molecular complexity index is 746. The second kappa shape index (κ2) is 5.67. The molecule has 0 saturated heterocycles. The summed E-state index contributed by atoms with van der Waals surface area (Å²) in [6.45, 7) is 0. The monoisotopic (exact) mass is 306 g/mol. The number of carbonyl (C=O) groups is 1. The van der Waals surface area contributed by atoms with Crippen LogP contribution in [-0.2, 0) is 14.6 Å². The van der Waals surface area contributed by atoms with Gasteiger partial charge in [0.25, 0.3) is 0 Å². The number of carboxylic acids is 1. The third kappa shape index (κ3) is 3.48. The maximum absolute atomic E-state index is 11.4. The van der Waals surface area contributed by atoms with Gasteiger partial charge in [0, 0.05) is 6.26 Å². The summed E-state index contributed by atoms with van der Waals surface area (Å²) in [6.07, 6.45) is -0.406. The highest BCUT2D eigenvalue weighted by atomic mass is 32.2. The van der Waals surface area contributed by atoms with Crippen LogP contribution in [0.15, 0.2) is 53.4 Å². The number of hydrogen-bond acceptors (Lipinski definition) is 4. The van der Waals surface area contributed by atoms with Crippen LogP contribution >= 0.6 is 0 Å². The topological polar surface area (TPSA) is 91.7 Å². The van der Waals surface area contributed by atoms with Crippen molar-refractivity contribution >= 4 is 15.8 Å². The maximum Gasteiger partial charge on any atom is 0.337 e. The molecule has 0 aromatic heterocycles. The number of rotatable bonds is 4. The molecular weight excluding hydrogens is 292 g/mol. The standard InChI is InChI=1S/C15H14O5S/c1-21(19,20)13-8-6-11(7-9-13)10-2-4-12(5-3-10)14(16)15(17)18/h2-9,14,16H,1H3,(H,17,18). The molecular formula is C15H14O5S. The fraction of sp³-hybridized carbons (Fsp3) is 0.133. The summed E-state index contributed by atoms with van der Waals surface area (Å²) in [5.41, 5.74) is 1.90. The molecule has 2 N–H and O–H groups in total. The molecule has 0 fully saturated rings. The number of aliphatic carboxylic acids is 1. The highest BCUT2D eigenvalue weighted by Gasteiger charge is 2.15. The van der Waals surface area contributed by atoms with Crippen LogP contribution in [0.4, 0.5) is 0 Å². The second-order valence-corrected chi connectivity index (χ2v) is 6.68. The van der Waals surface area contributed by atoms with Gasteiger partial charge in [0.2, 0.25) is 0 Å². The molecule has 0 spiro atoms. The van der Waals surface area contributed by atoms with E-state index in [9.17, 15) is 18.3 Å². The van der Waals surface area contributed by atoms with Crippen molar-refractivity contribution in [3.8, 4) is 11.1 Å². The van der Waals surface area contributed by atoms with Crippen molar-refractivity contribution < 1.29 is 23.4 Å². The molecule has 0 amide bonds. The predicted molar refractivity (Wildman–Crippen MR) is 77.6 cm³/mol. The summed E-state index contributed by atoms with van der Waals surface area (Å²) in [4.78, 5) is 10.9. The lowest BCUT2D eigenvalue weighted by Crippen LogP contribution is -2.10. The van der Waals surface area contributed by atoms with E-state index in [1.54, 1.807) is 24.3 Å². The van der Waals surface area contributed by atoms with E-state index < -0.39 is 21.9 Å². The fourth-order valence-electron chi connectivity index (χ4n) is 1.90. The van der Waals surface area contributed by atoms with Crippen molar-refractivity contribution in [3.05, 3.63) is 54.1 Å². The Hall–Kier alpha value is -2.18. The zero-order chi connectivity index (χ0) is 15.6. The molecule has 0 aliphatic heterocycles. The van der Waals surface area contributed by atoms with Crippen LogP contribution in [-0.4, -0.2) is 30.9 Å². The number of aliphatic hydroxyl groups is 1. The van der Waals surface area contributed by atoms with Crippen molar-refractivity contribution in [2.24, 2.45) is 0 Å². The van der Waals surface area contributed by atoms with E-state index in [-0.39, 0.29) is 4.90 Å². The molecule has 0 aliphatic rings. The van der Waals surface area contributed by atoms with Gasteiger partial charge < -0.3 is 10.2 Å². The molecule has 2 aromatic carbocycles. The van der Waals surface area contributed by atoms with Crippen LogP contribution in [0.2, 0.25) is 0 Å². The second-order valence-electron chi connectivity index (χ2n) is 4.66. The van der Waals surface area contributed by atoms with Gasteiger partial charge in [0.05, 0.1) is 4.90 Å². The number of aliphatic hydroxyl groups excluding tert-OH is 1. The Morgan fingerprint density at radius 2 is 1.38 bits per heavy atom. The average Bonchev–Trinajstić information content (AvgIpc) is 2.46. The first-order valence-electron chi connectivity index (χ1n) is 6.10. The van der Waals surface area contributed by atoms with Crippen LogP contribution in [0.1, 0.15) is 11.7 Å². The summed E-state index contributed by atoms with van der Waals surface area (Å²) in [5.74, 6) is -1.31. The summed E-state index contributed by atoms with van der Waals surface area (Å²) < 4.78 is 22.8. The molecule has 0 aliphatic carbocycles. The Morgan fingerprint density at radius 3 is 1.76 bits per heavy atom. The maximum atomic E-state index is 11.4. The number of sulfone groups is 1. The highest BCUT2D eigenvalue weighted by Crippen LogP contribution is 2.23. The number of benzene rings is 2. The molecule has 2 aromatic rings. The molecule has 1 atom stereocenters. The first-order valence-corrected chi connectivity index (χ1v) is 7.99. The van der Waals surface area contributed by atoms with Crippen molar-refractivity contribution in [2.75, 3.05) is 6.26 Å². The molecule has 6 heteroatoms. The van der Waals surface area contributed by atoms with Crippen molar-refractivity contribution in [1.29, 1.82) is 0 Å². The smallest absolute Gasteiger partial charge is 0.337 e. The van der Waals surface area contributed by atoms with Gasteiger partial charge in [-0.2, -0.15) is 0 Å². The van der Waals surface area contributed by atoms with Crippen molar-refractivity contribution in [1.82, 2.24) is 0 Å². The predicted octanol–water partition coefficient (Wildman–Crippen LogP) is 1.88. The molecule has 5 nitrogen and oxygen atoms in total.